The number of para-hydroxylation sites is 1. The van der Waals surface area contributed by atoms with Crippen LogP contribution >= 0.6 is 0 Å². The predicted molar refractivity (Wildman–Crippen MR) is 109 cm³/mol. The number of rotatable bonds is 5. The second-order valence-electron chi connectivity index (χ2n) is 7.43. The molecule has 6 heteroatoms. The van der Waals surface area contributed by atoms with Crippen molar-refractivity contribution in [3.8, 4) is 0 Å². The Hall–Kier alpha value is -2.89. The van der Waals surface area contributed by atoms with Crippen molar-refractivity contribution < 1.29 is 9.59 Å². The molecule has 0 atom stereocenters. The quantitative estimate of drug-likeness (QED) is 0.751. The van der Waals surface area contributed by atoms with E-state index in [0.29, 0.717) is 32.5 Å². The van der Waals surface area contributed by atoms with E-state index >= 15 is 0 Å². The van der Waals surface area contributed by atoms with Crippen molar-refractivity contribution >= 4 is 23.3 Å². The molecule has 146 valence electrons. The van der Waals surface area contributed by atoms with Gasteiger partial charge in [-0.1, -0.05) is 24.3 Å². The molecule has 1 saturated carbocycles. The standard InChI is InChI=1S/C22H26N4O2/c1-2-26(18-8-4-3-5-9-18)21(28)22(11-12-22)20(27)25-16-14-24(15-17-25)19-10-6-7-13-23-19/h3-10,13H,2,11-12,14-17H2,1H3. The molecular formula is C22H26N4O2. The third-order valence-electron chi connectivity index (χ3n) is 5.74. The minimum absolute atomic E-state index is 0.00690. The fourth-order valence-electron chi connectivity index (χ4n) is 3.94. The SMILES string of the molecule is CCN(C(=O)C1(C(=O)N2CCN(c3ccccn3)CC2)CC1)c1ccccc1. The molecule has 4 rings (SSSR count). The summed E-state index contributed by atoms with van der Waals surface area (Å²) in [5.41, 5.74) is -0.00649. The number of benzene rings is 1. The Morgan fingerprint density at radius 2 is 1.68 bits per heavy atom. The summed E-state index contributed by atoms with van der Waals surface area (Å²) in [6.07, 6.45) is 3.08. The van der Waals surface area contributed by atoms with Gasteiger partial charge in [-0.25, -0.2) is 4.98 Å². The molecule has 28 heavy (non-hydrogen) atoms. The molecule has 2 amide bonds. The minimum Gasteiger partial charge on any atom is -0.353 e. The first kappa shape index (κ1) is 18.5. The number of anilines is 2. The van der Waals surface area contributed by atoms with E-state index in [2.05, 4.69) is 9.88 Å². The molecule has 0 bridgehead atoms. The molecule has 0 unspecified atom stereocenters. The second kappa shape index (κ2) is 7.62. The van der Waals surface area contributed by atoms with Crippen molar-refractivity contribution in [3.63, 3.8) is 0 Å². The van der Waals surface area contributed by atoms with E-state index in [1.165, 1.54) is 0 Å². The van der Waals surface area contributed by atoms with Crippen molar-refractivity contribution in [2.75, 3.05) is 42.5 Å². The number of pyridine rings is 1. The Kier molecular flexibility index (Phi) is 5.03. The van der Waals surface area contributed by atoms with Crippen LogP contribution in [0.1, 0.15) is 19.8 Å². The van der Waals surface area contributed by atoms with Gasteiger partial charge in [0.1, 0.15) is 11.2 Å². The van der Waals surface area contributed by atoms with E-state index in [4.69, 9.17) is 0 Å². The third-order valence-corrected chi connectivity index (χ3v) is 5.74. The lowest BCUT2D eigenvalue weighted by Crippen LogP contribution is -2.54. The largest absolute Gasteiger partial charge is 0.353 e. The van der Waals surface area contributed by atoms with Crippen LogP contribution in [-0.4, -0.2) is 54.4 Å². The number of hydrogen-bond donors (Lipinski definition) is 0. The molecule has 2 heterocycles. The molecule has 2 fully saturated rings. The van der Waals surface area contributed by atoms with Crippen molar-refractivity contribution in [2.45, 2.75) is 19.8 Å². The van der Waals surface area contributed by atoms with Crippen LogP contribution in [0.3, 0.4) is 0 Å². The van der Waals surface area contributed by atoms with Gasteiger partial charge in [-0.2, -0.15) is 0 Å². The topological polar surface area (TPSA) is 56.8 Å². The Labute approximate surface area is 165 Å². The van der Waals surface area contributed by atoms with E-state index in [1.807, 2.05) is 60.4 Å². The number of amides is 2. The molecule has 0 N–H and O–H groups in total. The van der Waals surface area contributed by atoms with Gasteiger partial charge in [0.2, 0.25) is 11.8 Å². The zero-order valence-corrected chi connectivity index (χ0v) is 16.3. The predicted octanol–water partition coefficient (Wildman–Crippen LogP) is 2.56. The molecule has 0 spiro atoms. The third kappa shape index (κ3) is 3.35. The van der Waals surface area contributed by atoms with Crippen LogP contribution in [0.4, 0.5) is 11.5 Å². The lowest BCUT2D eigenvalue weighted by atomic mass is 10.0. The van der Waals surface area contributed by atoms with Gasteiger partial charge in [0.15, 0.2) is 0 Å². The molecule has 2 aliphatic rings. The van der Waals surface area contributed by atoms with Gasteiger partial charge in [-0.05, 0) is 44.0 Å². The number of carbonyl (C=O) groups is 2. The van der Waals surface area contributed by atoms with Crippen LogP contribution in [-0.2, 0) is 9.59 Å². The molecule has 1 aliphatic carbocycles. The lowest BCUT2D eigenvalue weighted by molar-refractivity contribution is -0.143. The van der Waals surface area contributed by atoms with E-state index in [1.54, 1.807) is 11.1 Å². The van der Waals surface area contributed by atoms with Gasteiger partial charge in [0.05, 0.1) is 0 Å². The van der Waals surface area contributed by atoms with E-state index in [0.717, 1.165) is 24.6 Å². The van der Waals surface area contributed by atoms with Gasteiger partial charge in [-0.15, -0.1) is 0 Å². The summed E-state index contributed by atoms with van der Waals surface area (Å²) in [7, 11) is 0. The Bertz CT molecular complexity index is 828. The molecule has 1 aromatic carbocycles. The Balaban J connectivity index is 1.44. The van der Waals surface area contributed by atoms with Gasteiger partial charge < -0.3 is 14.7 Å². The molecule has 1 aromatic heterocycles. The van der Waals surface area contributed by atoms with Crippen LogP contribution in [0.15, 0.2) is 54.7 Å². The van der Waals surface area contributed by atoms with Crippen LogP contribution in [0.5, 0.6) is 0 Å². The Morgan fingerprint density at radius 1 is 1.00 bits per heavy atom. The average molecular weight is 378 g/mol. The summed E-state index contributed by atoms with van der Waals surface area (Å²) in [4.78, 5) is 36.7. The van der Waals surface area contributed by atoms with E-state index in [9.17, 15) is 9.59 Å². The van der Waals surface area contributed by atoms with E-state index in [-0.39, 0.29) is 11.8 Å². The maximum Gasteiger partial charge on any atom is 0.242 e. The van der Waals surface area contributed by atoms with Crippen molar-refractivity contribution in [3.05, 3.63) is 54.7 Å². The first-order valence-corrected chi connectivity index (χ1v) is 9.98. The number of aromatic nitrogens is 1. The zero-order valence-electron chi connectivity index (χ0n) is 16.3. The Morgan fingerprint density at radius 3 is 2.25 bits per heavy atom. The van der Waals surface area contributed by atoms with Gasteiger partial charge in [0.25, 0.3) is 0 Å². The van der Waals surface area contributed by atoms with Crippen LogP contribution in [0, 0.1) is 5.41 Å². The van der Waals surface area contributed by atoms with Crippen molar-refractivity contribution in [1.29, 1.82) is 0 Å². The van der Waals surface area contributed by atoms with Crippen LogP contribution in [0.2, 0.25) is 0 Å². The van der Waals surface area contributed by atoms with Crippen molar-refractivity contribution in [2.24, 2.45) is 5.41 Å². The highest BCUT2D eigenvalue weighted by Crippen LogP contribution is 2.49. The lowest BCUT2D eigenvalue weighted by Gasteiger charge is -2.37. The summed E-state index contributed by atoms with van der Waals surface area (Å²) in [5.74, 6) is 0.874. The zero-order chi connectivity index (χ0) is 19.6. The van der Waals surface area contributed by atoms with Gasteiger partial charge >= 0.3 is 0 Å². The number of piperazine rings is 1. The van der Waals surface area contributed by atoms with E-state index < -0.39 is 5.41 Å². The highest BCUT2D eigenvalue weighted by atomic mass is 16.2. The summed E-state index contributed by atoms with van der Waals surface area (Å²) < 4.78 is 0. The molecule has 0 radical (unpaired) electrons. The first-order chi connectivity index (χ1) is 13.7. The van der Waals surface area contributed by atoms with Gasteiger partial charge in [0, 0.05) is 44.6 Å². The summed E-state index contributed by atoms with van der Waals surface area (Å²) in [6.45, 7) is 5.25. The maximum absolute atomic E-state index is 13.3. The summed E-state index contributed by atoms with van der Waals surface area (Å²) in [5, 5.41) is 0. The number of nitrogens with zero attached hydrogens (tertiary/aromatic N) is 4. The number of carbonyl (C=O) groups excluding carboxylic acids is 2. The molecule has 6 nitrogen and oxygen atoms in total. The molecule has 2 aromatic rings. The van der Waals surface area contributed by atoms with Crippen molar-refractivity contribution in [1.82, 2.24) is 9.88 Å². The first-order valence-electron chi connectivity index (χ1n) is 9.98. The molecule has 1 aliphatic heterocycles. The summed E-state index contributed by atoms with van der Waals surface area (Å²) in [6, 6.07) is 15.5. The summed E-state index contributed by atoms with van der Waals surface area (Å²) >= 11 is 0. The highest BCUT2D eigenvalue weighted by Gasteiger charge is 2.59. The fraction of sp³-hybridized carbons (Fsp3) is 0.409. The minimum atomic E-state index is -0.862. The molecular weight excluding hydrogens is 352 g/mol. The normalized spacial score (nSPS) is 17.9. The maximum atomic E-state index is 13.3. The fourth-order valence-corrected chi connectivity index (χ4v) is 3.94. The number of hydrogen-bond acceptors (Lipinski definition) is 4. The smallest absolute Gasteiger partial charge is 0.242 e. The highest BCUT2D eigenvalue weighted by molar-refractivity contribution is 6.14. The second-order valence-corrected chi connectivity index (χ2v) is 7.43. The molecule has 1 saturated heterocycles. The van der Waals surface area contributed by atoms with Gasteiger partial charge in [-0.3, -0.25) is 9.59 Å². The monoisotopic (exact) mass is 378 g/mol. The van der Waals surface area contributed by atoms with Crippen LogP contribution < -0.4 is 9.80 Å². The average Bonchev–Trinajstić information content (AvgIpc) is 3.57. The van der Waals surface area contributed by atoms with Crippen LogP contribution in [0.25, 0.3) is 0 Å².